The molecule has 0 aliphatic heterocycles. The summed E-state index contributed by atoms with van der Waals surface area (Å²) >= 11 is 1.52. The van der Waals surface area contributed by atoms with Crippen molar-refractivity contribution in [2.45, 2.75) is 19.8 Å². The van der Waals surface area contributed by atoms with Crippen molar-refractivity contribution < 1.29 is 19.1 Å². The van der Waals surface area contributed by atoms with Crippen molar-refractivity contribution >= 4 is 50.5 Å². The van der Waals surface area contributed by atoms with Gasteiger partial charge < -0.3 is 9.51 Å². The number of para-hydroxylation sites is 1. The summed E-state index contributed by atoms with van der Waals surface area (Å²) in [6, 6.07) is 19.0. The number of aliphatic carboxylic acids is 1. The summed E-state index contributed by atoms with van der Waals surface area (Å²) in [7, 11) is 0. The maximum Gasteiger partial charge on any atom is 0.303 e. The number of carbonyl (C=O) groups excluding carboxylic acids is 1. The monoisotopic (exact) mass is 484 g/mol. The Kier molecular flexibility index (Phi) is 6.01. The number of aromatic nitrogens is 2. The number of benzene rings is 2. The van der Waals surface area contributed by atoms with Crippen molar-refractivity contribution in [3.05, 3.63) is 106 Å². The van der Waals surface area contributed by atoms with E-state index in [1.54, 1.807) is 0 Å². The van der Waals surface area contributed by atoms with E-state index in [0.29, 0.717) is 17.7 Å². The molecule has 5 rings (SSSR count). The highest BCUT2D eigenvalue weighted by molar-refractivity contribution is 7.19. The van der Waals surface area contributed by atoms with Crippen LogP contribution in [0.3, 0.4) is 0 Å². The number of allylic oxidation sites excluding steroid dienone is 1. The number of thiazole rings is 1. The molecular formula is C28H21FN2O3S. The average Bonchev–Trinajstić information content (AvgIpc) is 3.40. The summed E-state index contributed by atoms with van der Waals surface area (Å²) in [6.45, 7) is 1.88. The van der Waals surface area contributed by atoms with Crippen LogP contribution >= 0.6 is 11.3 Å². The normalized spacial score (nSPS) is 11.9. The fourth-order valence-electron chi connectivity index (χ4n) is 4.22. The highest BCUT2D eigenvalue weighted by Gasteiger charge is 2.22. The standard InChI is InChI=1S/C28H21FN2O3S/c1-17-21(16-19(11-14-25(32)33)28-30-22-6-2-3-8-24(22)35-28)23-7-4-5-15-31(23)26(17)27(34)18-9-12-20(29)13-10-18/h2-10,12-13,15-16H,11,14H2,1H3,(H,32,33)/b19-16+. The number of carbonyl (C=O) groups is 2. The van der Waals surface area contributed by atoms with Crippen molar-refractivity contribution in [2.24, 2.45) is 0 Å². The Bertz CT molecular complexity index is 1580. The molecule has 1 N–H and O–H groups in total. The van der Waals surface area contributed by atoms with Crippen LogP contribution < -0.4 is 0 Å². The fraction of sp³-hybridized carbons (Fsp3) is 0.107. The van der Waals surface area contributed by atoms with Gasteiger partial charge in [0, 0.05) is 23.7 Å². The Hall–Kier alpha value is -4.10. The maximum atomic E-state index is 13.4. The van der Waals surface area contributed by atoms with Gasteiger partial charge in [0.25, 0.3) is 0 Å². The van der Waals surface area contributed by atoms with Gasteiger partial charge in [-0.3, -0.25) is 9.59 Å². The molecule has 0 radical (unpaired) electrons. The number of fused-ring (bicyclic) bond motifs is 2. The quantitative estimate of drug-likeness (QED) is 0.263. The van der Waals surface area contributed by atoms with Gasteiger partial charge in [-0.05, 0) is 79.1 Å². The number of carboxylic acid groups (broad SMARTS) is 1. The number of ketones is 1. The minimum absolute atomic E-state index is 0.0338. The molecule has 0 amide bonds. The summed E-state index contributed by atoms with van der Waals surface area (Å²) in [5.74, 6) is -1.50. The molecule has 174 valence electrons. The van der Waals surface area contributed by atoms with Gasteiger partial charge in [0.05, 0.1) is 21.4 Å². The van der Waals surface area contributed by atoms with Gasteiger partial charge in [0.2, 0.25) is 5.78 Å². The zero-order valence-electron chi connectivity index (χ0n) is 18.9. The molecule has 3 aromatic heterocycles. The van der Waals surface area contributed by atoms with E-state index in [1.807, 2.05) is 66.1 Å². The lowest BCUT2D eigenvalue weighted by molar-refractivity contribution is -0.136. The molecule has 0 fully saturated rings. The summed E-state index contributed by atoms with van der Waals surface area (Å²) in [5.41, 5.74) is 4.96. The Balaban J connectivity index is 1.68. The molecule has 2 aromatic carbocycles. The second-order valence-electron chi connectivity index (χ2n) is 8.23. The van der Waals surface area contributed by atoms with Gasteiger partial charge in [0.15, 0.2) is 0 Å². The second-order valence-corrected chi connectivity index (χ2v) is 9.26. The van der Waals surface area contributed by atoms with Gasteiger partial charge in [-0.2, -0.15) is 0 Å². The average molecular weight is 485 g/mol. The van der Waals surface area contributed by atoms with Crippen molar-refractivity contribution in [2.75, 3.05) is 0 Å². The predicted octanol–water partition coefficient (Wildman–Crippen LogP) is 6.63. The molecule has 0 unspecified atom stereocenters. The number of hydrogen-bond acceptors (Lipinski definition) is 4. The van der Waals surface area contributed by atoms with E-state index >= 15 is 0 Å². The zero-order chi connectivity index (χ0) is 24.5. The molecule has 0 aliphatic rings. The van der Waals surface area contributed by atoms with E-state index < -0.39 is 11.8 Å². The number of hydrogen-bond donors (Lipinski definition) is 1. The third-order valence-electron chi connectivity index (χ3n) is 5.95. The van der Waals surface area contributed by atoms with Crippen LogP contribution in [-0.4, -0.2) is 26.2 Å². The van der Waals surface area contributed by atoms with E-state index in [-0.39, 0.29) is 12.2 Å². The smallest absolute Gasteiger partial charge is 0.303 e. The van der Waals surface area contributed by atoms with E-state index in [0.717, 1.165) is 37.4 Å². The molecule has 5 aromatic rings. The molecule has 0 bridgehead atoms. The molecule has 3 heterocycles. The minimum Gasteiger partial charge on any atom is -0.481 e. The third-order valence-corrected chi connectivity index (χ3v) is 7.06. The van der Waals surface area contributed by atoms with Crippen LogP contribution in [0, 0.1) is 12.7 Å². The van der Waals surface area contributed by atoms with Crippen molar-refractivity contribution in [1.29, 1.82) is 0 Å². The largest absolute Gasteiger partial charge is 0.481 e. The predicted molar refractivity (Wildman–Crippen MR) is 136 cm³/mol. The number of rotatable bonds is 7. The molecule has 5 nitrogen and oxygen atoms in total. The van der Waals surface area contributed by atoms with Crippen LogP contribution in [0.4, 0.5) is 4.39 Å². The molecule has 7 heteroatoms. The Labute approximate surface area is 204 Å². The third kappa shape index (κ3) is 4.38. The first-order valence-corrected chi connectivity index (χ1v) is 11.9. The molecule has 0 spiro atoms. The first-order valence-electron chi connectivity index (χ1n) is 11.1. The van der Waals surface area contributed by atoms with Crippen LogP contribution in [0.5, 0.6) is 0 Å². The zero-order valence-corrected chi connectivity index (χ0v) is 19.7. The number of halogens is 1. The second kappa shape index (κ2) is 9.27. The maximum absolute atomic E-state index is 13.4. The van der Waals surface area contributed by atoms with Crippen LogP contribution in [0.1, 0.15) is 45.0 Å². The van der Waals surface area contributed by atoms with E-state index in [9.17, 15) is 19.1 Å². The molecule has 0 saturated carbocycles. The van der Waals surface area contributed by atoms with Gasteiger partial charge >= 0.3 is 5.97 Å². The van der Waals surface area contributed by atoms with Gasteiger partial charge in [-0.1, -0.05) is 18.2 Å². The highest BCUT2D eigenvalue weighted by atomic mass is 32.1. The number of carboxylic acids is 1. The van der Waals surface area contributed by atoms with E-state index in [4.69, 9.17) is 4.98 Å². The summed E-state index contributed by atoms with van der Waals surface area (Å²) in [4.78, 5) is 29.6. The van der Waals surface area contributed by atoms with Gasteiger partial charge in [-0.25, -0.2) is 9.37 Å². The van der Waals surface area contributed by atoms with E-state index in [2.05, 4.69) is 0 Å². The lowest BCUT2D eigenvalue weighted by Crippen LogP contribution is -2.06. The number of nitrogens with zero attached hydrogens (tertiary/aromatic N) is 2. The Morgan fingerprint density at radius 1 is 1.03 bits per heavy atom. The fourth-order valence-corrected chi connectivity index (χ4v) is 5.23. The molecule has 0 aliphatic carbocycles. The molecule has 0 atom stereocenters. The lowest BCUT2D eigenvalue weighted by Gasteiger charge is -2.04. The Morgan fingerprint density at radius 3 is 2.51 bits per heavy atom. The molecule has 35 heavy (non-hydrogen) atoms. The first-order chi connectivity index (χ1) is 16.9. The van der Waals surface area contributed by atoms with Crippen molar-refractivity contribution in [1.82, 2.24) is 9.38 Å². The topological polar surface area (TPSA) is 71.7 Å². The molecule has 0 saturated heterocycles. The highest BCUT2D eigenvalue weighted by Crippen LogP contribution is 2.34. The summed E-state index contributed by atoms with van der Waals surface area (Å²) in [6.07, 6.45) is 4.05. The van der Waals surface area contributed by atoms with Crippen LogP contribution in [-0.2, 0) is 4.79 Å². The summed E-state index contributed by atoms with van der Waals surface area (Å²) in [5, 5.41) is 10.1. The Morgan fingerprint density at radius 2 is 1.77 bits per heavy atom. The van der Waals surface area contributed by atoms with Crippen molar-refractivity contribution in [3.63, 3.8) is 0 Å². The van der Waals surface area contributed by atoms with Crippen LogP contribution in [0.25, 0.3) is 27.4 Å². The van der Waals surface area contributed by atoms with Crippen molar-refractivity contribution in [3.8, 4) is 0 Å². The van der Waals surface area contributed by atoms with Gasteiger partial charge in [-0.15, -0.1) is 11.3 Å². The SMILES string of the molecule is Cc1c(/C=C(\CCC(=O)O)c2nc3ccccc3s2)c2ccccn2c1C(=O)c1ccc(F)cc1. The van der Waals surface area contributed by atoms with Crippen LogP contribution in [0.15, 0.2) is 72.9 Å². The lowest BCUT2D eigenvalue weighted by atomic mass is 10.0. The molecular weight excluding hydrogens is 463 g/mol. The number of pyridine rings is 1. The minimum atomic E-state index is -0.886. The van der Waals surface area contributed by atoms with Crippen LogP contribution in [0.2, 0.25) is 0 Å². The van der Waals surface area contributed by atoms with Gasteiger partial charge in [0.1, 0.15) is 10.8 Å². The summed E-state index contributed by atoms with van der Waals surface area (Å²) < 4.78 is 16.3. The van der Waals surface area contributed by atoms with E-state index in [1.165, 1.54) is 35.6 Å². The first kappa shape index (κ1) is 22.7.